The van der Waals surface area contributed by atoms with Gasteiger partial charge in [-0.05, 0) is 52.8 Å². The maximum absolute atomic E-state index is 12.3. The Morgan fingerprint density at radius 1 is 1.14 bits per heavy atom. The van der Waals surface area contributed by atoms with Crippen LogP contribution in [-0.4, -0.2) is 41.9 Å². The van der Waals surface area contributed by atoms with Crippen LogP contribution in [0.5, 0.6) is 0 Å². The second-order valence-corrected chi connectivity index (χ2v) is 6.21. The van der Waals surface area contributed by atoms with E-state index in [4.69, 9.17) is 0 Å². The molecule has 0 fully saturated rings. The zero-order valence-corrected chi connectivity index (χ0v) is 14.2. The van der Waals surface area contributed by atoms with Crippen LogP contribution in [0.15, 0.2) is 24.3 Å². The Labute approximate surface area is 133 Å². The standard InChI is InChI=1S/C17H27N3O2/c1-6-20(7-2)16(22)13-9-8-10-14(11-13)19-15(21)12-18-17(3,4)5/h8-11,18H,6-7,12H2,1-5H3,(H,19,21). The highest BCUT2D eigenvalue weighted by Gasteiger charge is 2.14. The molecule has 1 rings (SSSR count). The second kappa shape index (κ2) is 7.94. The smallest absolute Gasteiger partial charge is 0.253 e. The summed E-state index contributed by atoms with van der Waals surface area (Å²) in [5, 5.41) is 5.94. The Kier molecular flexibility index (Phi) is 6.56. The first-order valence-corrected chi connectivity index (χ1v) is 7.71. The third-order valence-corrected chi connectivity index (χ3v) is 3.22. The van der Waals surface area contributed by atoms with E-state index in [0.29, 0.717) is 24.3 Å². The third kappa shape index (κ3) is 5.85. The lowest BCUT2D eigenvalue weighted by Gasteiger charge is -2.20. The van der Waals surface area contributed by atoms with Crippen molar-refractivity contribution in [3.63, 3.8) is 0 Å². The van der Waals surface area contributed by atoms with Gasteiger partial charge >= 0.3 is 0 Å². The Balaban J connectivity index is 2.72. The number of hydrogen-bond acceptors (Lipinski definition) is 3. The van der Waals surface area contributed by atoms with Gasteiger partial charge in [0.15, 0.2) is 0 Å². The van der Waals surface area contributed by atoms with E-state index < -0.39 is 0 Å². The highest BCUT2D eigenvalue weighted by Crippen LogP contribution is 2.13. The number of hydrogen-bond donors (Lipinski definition) is 2. The molecule has 2 amide bonds. The number of amides is 2. The van der Waals surface area contributed by atoms with Crippen molar-refractivity contribution in [1.29, 1.82) is 0 Å². The maximum atomic E-state index is 12.3. The molecule has 0 atom stereocenters. The van der Waals surface area contributed by atoms with Crippen LogP contribution in [-0.2, 0) is 4.79 Å². The van der Waals surface area contributed by atoms with Crippen molar-refractivity contribution in [3.8, 4) is 0 Å². The second-order valence-electron chi connectivity index (χ2n) is 6.21. The summed E-state index contributed by atoms with van der Waals surface area (Å²) in [6.45, 7) is 11.5. The molecule has 122 valence electrons. The fourth-order valence-electron chi connectivity index (χ4n) is 1.97. The van der Waals surface area contributed by atoms with E-state index in [2.05, 4.69) is 10.6 Å². The number of nitrogens with zero attached hydrogens (tertiary/aromatic N) is 1. The minimum Gasteiger partial charge on any atom is -0.339 e. The lowest BCUT2D eigenvalue weighted by atomic mass is 10.1. The molecule has 0 aliphatic rings. The largest absolute Gasteiger partial charge is 0.339 e. The van der Waals surface area contributed by atoms with Crippen LogP contribution in [0.2, 0.25) is 0 Å². The van der Waals surface area contributed by atoms with Crippen LogP contribution in [0.25, 0.3) is 0 Å². The predicted molar refractivity (Wildman–Crippen MR) is 90.1 cm³/mol. The Bertz CT molecular complexity index is 517. The zero-order valence-electron chi connectivity index (χ0n) is 14.2. The highest BCUT2D eigenvalue weighted by atomic mass is 16.2. The van der Waals surface area contributed by atoms with Crippen molar-refractivity contribution >= 4 is 17.5 Å². The molecular weight excluding hydrogens is 278 g/mol. The van der Waals surface area contributed by atoms with Crippen LogP contribution < -0.4 is 10.6 Å². The Morgan fingerprint density at radius 3 is 2.32 bits per heavy atom. The van der Waals surface area contributed by atoms with Gasteiger partial charge in [0.05, 0.1) is 6.54 Å². The van der Waals surface area contributed by atoms with E-state index in [9.17, 15) is 9.59 Å². The van der Waals surface area contributed by atoms with Gasteiger partial charge in [-0.2, -0.15) is 0 Å². The van der Waals surface area contributed by atoms with Crippen molar-refractivity contribution in [1.82, 2.24) is 10.2 Å². The van der Waals surface area contributed by atoms with Gasteiger partial charge in [-0.3, -0.25) is 9.59 Å². The summed E-state index contributed by atoms with van der Waals surface area (Å²) in [6.07, 6.45) is 0. The van der Waals surface area contributed by atoms with Gasteiger partial charge < -0.3 is 15.5 Å². The van der Waals surface area contributed by atoms with Crippen molar-refractivity contribution < 1.29 is 9.59 Å². The van der Waals surface area contributed by atoms with E-state index in [0.717, 1.165) is 0 Å². The first kappa shape index (κ1) is 18.2. The van der Waals surface area contributed by atoms with Gasteiger partial charge in [0.2, 0.25) is 5.91 Å². The summed E-state index contributed by atoms with van der Waals surface area (Å²) >= 11 is 0. The van der Waals surface area contributed by atoms with Gasteiger partial charge in [-0.25, -0.2) is 0 Å². The maximum Gasteiger partial charge on any atom is 0.253 e. The summed E-state index contributed by atoms with van der Waals surface area (Å²) in [5.41, 5.74) is 1.11. The number of anilines is 1. The molecule has 0 bridgehead atoms. The van der Waals surface area contributed by atoms with Gasteiger partial charge in [-0.1, -0.05) is 6.07 Å². The number of nitrogens with one attached hydrogen (secondary N) is 2. The molecule has 2 N–H and O–H groups in total. The molecular formula is C17H27N3O2. The topological polar surface area (TPSA) is 61.4 Å². The number of rotatable bonds is 6. The molecule has 0 heterocycles. The molecule has 0 saturated carbocycles. The molecule has 0 aliphatic heterocycles. The van der Waals surface area contributed by atoms with Crippen LogP contribution in [0, 0.1) is 0 Å². The molecule has 0 unspecified atom stereocenters. The summed E-state index contributed by atoms with van der Waals surface area (Å²) in [7, 11) is 0. The van der Waals surface area contributed by atoms with Crippen LogP contribution >= 0.6 is 0 Å². The highest BCUT2D eigenvalue weighted by molar-refractivity contribution is 5.97. The van der Waals surface area contributed by atoms with Gasteiger partial charge in [0.25, 0.3) is 5.91 Å². The molecule has 0 radical (unpaired) electrons. The molecule has 5 heteroatoms. The van der Waals surface area contributed by atoms with Gasteiger partial charge in [0, 0.05) is 29.9 Å². The average Bonchev–Trinajstić information content (AvgIpc) is 2.46. The van der Waals surface area contributed by atoms with E-state index >= 15 is 0 Å². The summed E-state index contributed by atoms with van der Waals surface area (Å²) in [6, 6.07) is 7.05. The van der Waals surface area contributed by atoms with Crippen molar-refractivity contribution in [3.05, 3.63) is 29.8 Å². The Morgan fingerprint density at radius 2 is 1.77 bits per heavy atom. The van der Waals surface area contributed by atoms with Gasteiger partial charge in [-0.15, -0.1) is 0 Å². The molecule has 22 heavy (non-hydrogen) atoms. The van der Waals surface area contributed by atoms with E-state index in [1.165, 1.54) is 0 Å². The fourth-order valence-corrected chi connectivity index (χ4v) is 1.97. The fraction of sp³-hybridized carbons (Fsp3) is 0.529. The SMILES string of the molecule is CCN(CC)C(=O)c1cccc(NC(=O)CNC(C)(C)C)c1. The lowest BCUT2D eigenvalue weighted by Crippen LogP contribution is -2.41. The molecule has 1 aromatic rings. The zero-order chi connectivity index (χ0) is 16.8. The normalized spacial score (nSPS) is 11.1. The monoisotopic (exact) mass is 305 g/mol. The molecule has 0 spiro atoms. The minimum atomic E-state index is -0.123. The number of carbonyl (C=O) groups excluding carboxylic acids is 2. The van der Waals surface area contributed by atoms with E-state index in [1.807, 2.05) is 34.6 Å². The Hall–Kier alpha value is -1.88. The van der Waals surface area contributed by atoms with Crippen LogP contribution in [0.1, 0.15) is 45.0 Å². The average molecular weight is 305 g/mol. The molecule has 1 aromatic carbocycles. The number of carbonyl (C=O) groups is 2. The van der Waals surface area contributed by atoms with E-state index in [1.54, 1.807) is 29.2 Å². The molecule has 0 aromatic heterocycles. The van der Waals surface area contributed by atoms with Crippen molar-refractivity contribution in [2.45, 2.75) is 40.2 Å². The predicted octanol–water partition coefficient (Wildman–Crippen LogP) is 2.50. The minimum absolute atomic E-state index is 0.0195. The van der Waals surface area contributed by atoms with E-state index in [-0.39, 0.29) is 23.9 Å². The first-order valence-electron chi connectivity index (χ1n) is 7.71. The first-order chi connectivity index (χ1) is 10.3. The van der Waals surface area contributed by atoms with Crippen molar-refractivity contribution in [2.24, 2.45) is 0 Å². The number of benzene rings is 1. The molecule has 0 saturated heterocycles. The summed E-state index contributed by atoms with van der Waals surface area (Å²) in [5.74, 6) is -0.142. The summed E-state index contributed by atoms with van der Waals surface area (Å²) < 4.78 is 0. The summed E-state index contributed by atoms with van der Waals surface area (Å²) in [4.78, 5) is 26.0. The lowest BCUT2D eigenvalue weighted by molar-refractivity contribution is -0.115. The molecule has 5 nitrogen and oxygen atoms in total. The van der Waals surface area contributed by atoms with Gasteiger partial charge in [0.1, 0.15) is 0 Å². The van der Waals surface area contributed by atoms with Crippen LogP contribution in [0.3, 0.4) is 0 Å². The molecule has 0 aliphatic carbocycles. The van der Waals surface area contributed by atoms with Crippen molar-refractivity contribution in [2.75, 3.05) is 25.0 Å². The third-order valence-electron chi connectivity index (χ3n) is 3.22. The van der Waals surface area contributed by atoms with Crippen LogP contribution in [0.4, 0.5) is 5.69 Å². The quantitative estimate of drug-likeness (QED) is 0.849.